The zero-order valence-corrected chi connectivity index (χ0v) is 13.1. The first-order valence-electron chi connectivity index (χ1n) is 7.79. The molecule has 0 radical (unpaired) electrons. The van der Waals surface area contributed by atoms with E-state index >= 15 is 0 Å². The van der Waals surface area contributed by atoms with Crippen LogP contribution in [0.4, 0.5) is 0 Å². The highest BCUT2D eigenvalue weighted by Crippen LogP contribution is 2.30. The van der Waals surface area contributed by atoms with Gasteiger partial charge in [0.15, 0.2) is 0 Å². The lowest BCUT2D eigenvalue weighted by Gasteiger charge is -2.38. The summed E-state index contributed by atoms with van der Waals surface area (Å²) < 4.78 is 0. The molecule has 0 spiro atoms. The van der Waals surface area contributed by atoms with Crippen LogP contribution in [0.5, 0.6) is 0 Å². The minimum absolute atomic E-state index is 0.00319. The number of carbonyl (C=O) groups excluding carboxylic acids is 2. The topological polar surface area (TPSA) is 77.9 Å². The average molecular weight is 316 g/mol. The summed E-state index contributed by atoms with van der Waals surface area (Å²) in [5.74, 6) is -1.19. The Hall–Kier alpha value is -2.37. The van der Waals surface area contributed by atoms with Gasteiger partial charge < -0.3 is 14.9 Å². The van der Waals surface area contributed by atoms with E-state index in [2.05, 4.69) is 0 Å². The predicted octanol–water partition coefficient (Wildman–Crippen LogP) is 1.36. The van der Waals surface area contributed by atoms with Gasteiger partial charge in [0.05, 0.1) is 5.41 Å². The average Bonchev–Trinajstić information content (AvgIpc) is 2.84. The van der Waals surface area contributed by atoms with Crippen molar-refractivity contribution in [1.29, 1.82) is 0 Å². The van der Waals surface area contributed by atoms with E-state index in [1.165, 1.54) is 4.90 Å². The van der Waals surface area contributed by atoms with Crippen molar-refractivity contribution in [2.24, 2.45) is 5.41 Å². The fourth-order valence-corrected chi connectivity index (χ4v) is 3.33. The molecular weight excluding hydrogens is 296 g/mol. The largest absolute Gasteiger partial charge is 0.481 e. The number of likely N-dealkylation sites (tertiary alicyclic amines) is 1. The molecule has 6 heteroatoms. The molecule has 6 nitrogen and oxygen atoms in total. The fraction of sp³-hybridized carbons (Fsp3) is 0.471. The van der Waals surface area contributed by atoms with Crippen molar-refractivity contribution in [1.82, 2.24) is 9.80 Å². The van der Waals surface area contributed by atoms with Crippen LogP contribution in [0.3, 0.4) is 0 Å². The minimum Gasteiger partial charge on any atom is -0.481 e. The van der Waals surface area contributed by atoms with Crippen molar-refractivity contribution in [2.75, 3.05) is 19.6 Å². The van der Waals surface area contributed by atoms with E-state index < -0.39 is 11.4 Å². The minimum atomic E-state index is -0.897. The van der Waals surface area contributed by atoms with E-state index in [-0.39, 0.29) is 24.9 Å². The molecule has 1 N–H and O–H groups in total. The Bertz CT molecular complexity index is 672. The van der Waals surface area contributed by atoms with Crippen molar-refractivity contribution in [3.05, 3.63) is 35.4 Å². The van der Waals surface area contributed by atoms with Crippen LogP contribution in [0.1, 0.15) is 35.7 Å². The predicted molar refractivity (Wildman–Crippen MR) is 82.7 cm³/mol. The van der Waals surface area contributed by atoms with Gasteiger partial charge in [-0.05, 0) is 31.4 Å². The summed E-state index contributed by atoms with van der Waals surface area (Å²) in [6.45, 7) is 2.87. The molecule has 2 heterocycles. The maximum atomic E-state index is 12.5. The third-order valence-electron chi connectivity index (χ3n) is 4.79. The molecule has 0 aliphatic carbocycles. The molecule has 3 rings (SSSR count). The third-order valence-corrected chi connectivity index (χ3v) is 4.79. The highest BCUT2D eigenvalue weighted by Gasteiger charge is 2.40. The van der Waals surface area contributed by atoms with Gasteiger partial charge in [-0.3, -0.25) is 14.4 Å². The number of fused-ring (bicyclic) bond motifs is 1. The second-order valence-corrected chi connectivity index (χ2v) is 6.60. The molecular formula is C17H20N2O4. The first kappa shape index (κ1) is 15.5. The van der Waals surface area contributed by atoms with Gasteiger partial charge in [0.1, 0.15) is 6.54 Å². The maximum absolute atomic E-state index is 12.5. The number of rotatable bonds is 3. The number of hydrogen-bond donors (Lipinski definition) is 1. The van der Waals surface area contributed by atoms with E-state index in [9.17, 15) is 19.5 Å². The van der Waals surface area contributed by atoms with Gasteiger partial charge in [-0.15, -0.1) is 0 Å². The number of piperidine rings is 1. The number of nitrogens with zero attached hydrogens (tertiary/aromatic N) is 2. The number of carboxylic acids is 1. The Morgan fingerprint density at radius 1 is 1.30 bits per heavy atom. The van der Waals surface area contributed by atoms with Crippen LogP contribution in [0.25, 0.3) is 0 Å². The van der Waals surface area contributed by atoms with Crippen molar-refractivity contribution in [3.63, 3.8) is 0 Å². The van der Waals surface area contributed by atoms with E-state index in [1.807, 2.05) is 18.2 Å². The maximum Gasteiger partial charge on any atom is 0.311 e. The van der Waals surface area contributed by atoms with E-state index in [0.29, 0.717) is 31.5 Å². The summed E-state index contributed by atoms with van der Waals surface area (Å²) in [5, 5.41) is 9.34. The summed E-state index contributed by atoms with van der Waals surface area (Å²) in [6, 6.07) is 7.34. The first-order valence-corrected chi connectivity index (χ1v) is 7.79. The van der Waals surface area contributed by atoms with Crippen molar-refractivity contribution >= 4 is 17.8 Å². The van der Waals surface area contributed by atoms with Crippen molar-refractivity contribution < 1.29 is 19.5 Å². The number of hydrogen-bond acceptors (Lipinski definition) is 3. The second kappa shape index (κ2) is 5.68. The fourth-order valence-electron chi connectivity index (χ4n) is 3.33. The molecule has 1 unspecified atom stereocenters. The summed E-state index contributed by atoms with van der Waals surface area (Å²) in [5.41, 5.74) is 0.681. The smallest absolute Gasteiger partial charge is 0.311 e. The molecule has 23 heavy (non-hydrogen) atoms. The molecule has 0 saturated carbocycles. The second-order valence-electron chi connectivity index (χ2n) is 6.60. The van der Waals surface area contributed by atoms with Gasteiger partial charge in [0.2, 0.25) is 5.91 Å². The molecule has 1 aromatic carbocycles. The lowest BCUT2D eigenvalue weighted by Crippen LogP contribution is -2.51. The van der Waals surface area contributed by atoms with Crippen molar-refractivity contribution in [2.45, 2.75) is 26.3 Å². The monoisotopic (exact) mass is 316 g/mol. The Kier molecular flexibility index (Phi) is 3.83. The summed E-state index contributed by atoms with van der Waals surface area (Å²) >= 11 is 0. The highest BCUT2D eigenvalue weighted by molar-refractivity contribution is 6.00. The molecule has 1 saturated heterocycles. The van der Waals surface area contributed by atoms with Crippen LogP contribution < -0.4 is 0 Å². The quantitative estimate of drug-likeness (QED) is 0.913. The number of carbonyl (C=O) groups is 3. The Morgan fingerprint density at radius 3 is 2.74 bits per heavy atom. The molecule has 2 aliphatic rings. The Balaban J connectivity index is 1.67. The summed E-state index contributed by atoms with van der Waals surface area (Å²) in [6.07, 6.45) is 1.24. The first-order chi connectivity index (χ1) is 10.9. The third kappa shape index (κ3) is 2.81. The van der Waals surface area contributed by atoms with Crippen LogP contribution in [0.2, 0.25) is 0 Å². The standard InChI is InChI=1S/C17H20N2O4/c1-17(16(22)23)7-4-8-18(11-17)14(20)10-19-9-12-5-2-3-6-13(12)15(19)21/h2-3,5-6H,4,7-11H2,1H3,(H,22,23). The molecule has 0 bridgehead atoms. The van der Waals surface area contributed by atoms with E-state index in [0.717, 1.165) is 5.56 Å². The zero-order valence-electron chi connectivity index (χ0n) is 13.1. The van der Waals surface area contributed by atoms with Crippen LogP contribution >= 0.6 is 0 Å². The van der Waals surface area contributed by atoms with Gasteiger partial charge in [-0.2, -0.15) is 0 Å². The van der Waals surface area contributed by atoms with E-state index in [1.54, 1.807) is 17.9 Å². The number of amides is 2. The molecule has 2 aliphatic heterocycles. The normalized spacial score (nSPS) is 23.8. The van der Waals surface area contributed by atoms with Gasteiger partial charge in [0.25, 0.3) is 5.91 Å². The lowest BCUT2D eigenvalue weighted by atomic mass is 9.82. The number of benzene rings is 1. The van der Waals surface area contributed by atoms with Gasteiger partial charge in [-0.25, -0.2) is 0 Å². The van der Waals surface area contributed by atoms with Gasteiger partial charge in [-0.1, -0.05) is 18.2 Å². The zero-order chi connectivity index (χ0) is 16.6. The molecule has 0 aromatic heterocycles. The molecule has 1 aromatic rings. The molecule has 2 amide bonds. The SMILES string of the molecule is CC1(C(=O)O)CCCN(C(=O)CN2Cc3ccccc3C2=O)C1. The van der Waals surface area contributed by atoms with Crippen LogP contribution in [-0.2, 0) is 16.1 Å². The molecule has 122 valence electrons. The Morgan fingerprint density at radius 2 is 2.04 bits per heavy atom. The van der Waals surface area contributed by atoms with Gasteiger partial charge in [0, 0.05) is 25.2 Å². The van der Waals surface area contributed by atoms with Crippen LogP contribution in [-0.4, -0.2) is 52.3 Å². The number of carboxylic acid groups (broad SMARTS) is 1. The Labute approximate surface area is 134 Å². The number of aliphatic carboxylic acids is 1. The molecule has 1 fully saturated rings. The van der Waals surface area contributed by atoms with Crippen molar-refractivity contribution in [3.8, 4) is 0 Å². The molecule has 1 atom stereocenters. The van der Waals surface area contributed by atoms with Crippen LogP contribution in [0.15, 0.2) is 24.3 Å². The summed E-state index contributed by atoms with van der Waals surface area (Å²) in [4.78, 5) is 39.3. The lowest BCUT2D eigenvalue weighted by molar-refractivity contribution is -0.153. The van der Waals surface area contributed by atoms with Gasteiger partial charge >= 0.3 is 5.97 Å². The van der Waals surface area contributed by atoms with E-state index in [4.69, 9.17) is 0 Å². The van der Waals surface area contributed by atoms with Crippen LogP contribution in [0, 0.1) is 5.41 Å². The summed E-state index contributed by atoms with van der Waals surface area (Å²) in [7, 11) is 0. The highest BCUT2D eigenvalue weighted by atomic mass is 16.4.